The number of amides is 1. The lowest BCUT2D eigenvalue weighted by Crippen LogP contribution is -2.51. The van der Waals surface area contributed by atoms with E-state index >= 15 is 0 Å². The molecule has 4 heteroatoms. The second-order valence-electron chi connectivity index (χ2n) is 6.12. The fraction of sp³-hybridized carbons (Fsp3) is 0.588. The van der Waals surface area contributed by atoms with Gasteiger partial charge in [-0.05, 0) is 44.7 Å². The van der Waals surface area contributed by atoms with Crippen LogP contribution in [0.3, 0.4) is 0 Å². The van der Waals surface area contributed by atoms with E-state index in [2.05, 4.69) is 38.1 Å². The van der Waals surface area contributed by atoms with Crippen LogP contribution in [0.15, 0.2) is 29.2 Å². The number of aryl methyl sites for hydroxylation is 1. The van der Waals surface area contributed by atoms with Gasteiger partial charge in [-0.3, -0.25) is 4.79 Å². The lowest BCUT2D eigenvalue weighted by Gasteiger charge is -2.39. The average Bonchev–Trinajstić information content (AvgIpc) is 2.48. The molecule has 2 N–H and O–H groups in total. The van der Waals surface area contributed by atoms with Crippen molar-refractivity contribution < 1.29 is 4.79 Å². The number of hydrogen-bond acceptors (Lipinski definition) is 3. The van der Waals surface area contributed by atoms with Crippen molar-refractivity contribution in [3.8, 4) is 0 Å². The molecule has 0 spiro atoms. The Morgan fingerprint density at radius 1 is 1.43 bits per heavy atom. The molecule has 1 fully saturated rings. The number of hydrogen-bond donors (Lipinski definition) is 1. The second-order valence-corrected chi connectivity index (χ2v) is 7.54. The standard InChI is InChI=1S/C17H26N2OS/c1-12-4-6-16(7-5-12)21-14(3)17(20)19-9-8-13(2)10-15(19)11-18/h4-7,13-15H,8-11,18H2,1-3H3. The summed E-state index contributed by atoms with van der Waals surface area (Å²) in [6.45, 7) is 7.73. The molecule has 116 valence electrons. The Morgan fingerprint density at radius 3 is 2.71 bits per heavy atom. The minimum atomic E-state index is -0.0600. The number of likely N-dealkylation sites (tertiary alicyclic amines) is 1. The molecule has 0 radical (unpaired) electrons. The van der Waals surface area contributed by atoms with Crippen LogP contribution in [-0.2, 0) is 4.79 Å². The highest BCUT2D eigenvalue weighted by molar-refractivity contribution is 8.00. The van der Waals surface area contributed by atoms with Gasteiger partial charge in [-0.2, -0.15) is 0 Å². The minimum Gasteiger partial charge on any atom is -0.337 e. The van der Waals surface area contributed by atoms with Crippen molar-refractivity contribution in [1.29, 1.82) is 0 Å². The van der Waals surface area contributed by atoms with Crippen molar-refractivity contribution in [2.75, 3.05) is 13.1 Å². The van der Waals surface area contributed by atoms with Crippen LogP contribution in [-0.4, -0.2) is 35.2 Å². The van der Waals surface area contributed by atoms with Gasteiger partial charge < -0.3 is 10.6 Å². The van der Waals surface area contributed by atoms with E-state index in [1.54, 1.807) is 11.8 Å². The number of nitrogens with two attached hydrogens (primary N) is 1. The lowest BCUT2D eigenvalue weighted by molar-refractivity contribution is -0.134. The van der Waals surface area contributed by atoms with Gasteiger partial charge in [0, 0.05) is 24.0 Å². The zero-order valence-corrected chi connectivity index (χ0v) is 14.0. The maximum Gasteiger partial charge on any atom is 0.236 e. The van der Waals surface area contributed by atoms with Crippen LogP contribution >= 0.6 is 11.8 Å². The van der Waals surface area contributed by atoms with Gasteiger partial charge in [-0.1, -0.05) is 24.6 Å². The molecular formula is C17H26N2OS. The maximum atomic E-state index is 12.7. The highest BCUT2D eigenvalue weighted by Gasteiger charge is 2.31. The molecule has 0 saturated carbocycles. The fourth-order valence-electron chi connectivity index (χ4n) is 2.87. The molecule has 1 heterocycles. The third-order valence-corrected chi connectivity index (χ3v) is 5.31. The molecule has 1 aromatic rings. The second kappa shape index (κ2) is 7.32. The Balaban J connectivity index is 1.99. The molecule has 0 aliphatic carbocycles. The molecule has 1 aromatic carbocycles. The first-order valence-corrected chi connectivity index (χ1v) is 8.63. The summed E-state index contributed by atoms with van der Waals surface area (Å²) in [6.07, 6.45) is 2.12. The molecular weight excluding hydrogens is 280 g/mol. The van der Waals surface area contributed by atoms with Crippen molar-refractivity contribution >= 4 is 17.7 Å². The van der Waals surface area contributed by atoms with E-state index in [0.717, 1.165) is 24.3 Å². The zero-order valence-electron chi connectivity index (χ0n) is 13.2. The van der Waals surface area contributed by atoms with Crippen LogP contribution in [0.1, 0.15) is 32.3 Å². The van der Waals surface area contributed by atoms with Crippen molar-refractivity contribution in [3.63, 3.8) is 0 Å². The quantitative estimate of drug-likeness (QED) is 0.870. The van der Waals surface area contributed by atoms with Gasteiger partial charge in [0.1, 0.15) is 0 Å². The Bertz CT molecular complexity index is 474. The van der Waals surface area contributed by atoms with Gasteiger partial charge >= 0.3 is 0 Å². The third-order valence-electron chi connectivity index (χ3n) is 4.21. The molecule has 2 rings (SSSR count). The van der Waals surface area contributed by atoms with Gasteiger partial charge in [0.05, 0.1) is 5.25 Å². The van der Waals surface area contributed by atoms with E-state index in [9.17, 15) is 4.79 Å². The average molecular weight is 306 g/mol. The molecule has 1 amide bonds. The van der Waals surface area contributed by atoms with Crippen molar-refractivity contribution in [2.45, 2.75) is 49.8 Å². The summed E-state index contributed by atoms with van der Waals surface area (Å²) >= 11 is 1.64. The van der Waals surface area contributed by atoms with Crippen LogP contribution in [0.5, 0.6) is 0 Å². The molecule has 3 nitrogen and oxygen atoms in total. The van der Waals surface area contributed by atoms with E-state index in [4.69, 9.17) is 5.73 Å². The largest absolute Gasteiger partial charge is 0.337 e. The van der Waals surface area contributed by atoms with Crippen LogP contribution in [0.2, 0.25) is 0 Å². The highest BCUT2D eigenvalue weighted by Crippen LogP contribution is 2.28. The highest BCUT2D eigenvalue weighted by atomic mass is 32.2. The molecule has 0 bridgehead atoms. The summed E-state index contributed by atoms with van der Waals surface area (Å²) in [5, 5.41) is -0.0600. The predicted octanol–water partition coefficient (Wildman–Crippen LogP) is 3.06. The molecule has 21 heavy (non-hydrogen) atoms. The fourth-order valence-corrected chi connectivity index (χ4v) is 3.81. The Morgan fingerprint density at radius 2 is 2.10 bits per heavy atom. The minimum absolute atomic E-state index is 0.0600. The van der Waals surface area contributed by atoms with Gasteiger partial charge in [-0.25, -0.2) is 0 Å². The van der Waals surface area contributed by atoms with Crippen LogP contribution in [0.4, 0.5) is 0 Å². The summed E-state index contributed by atoms with van der Waals surface area (Å²) in [7, 11) is 0. The summed E-state index contributed by atoms with van der Waals surface area (Å²) in [4.78, 5) is 15.8. The topological polar surface area (TPSA) is 46.3 Å². The van der Waals surface area contributed by atoms with Crippen molar-refractivity contribution in [2.24, 2.45) is 11.7 Å². The van der Waals surface area contributed by atoms with Gasteiger partial charge in [0.15, 0.2) is 0 Å². The number of thioether (sulfide) groups is 1. The number of carbonyl (C=O) groups is 1. The molecule has 0 aromatic heterocycles. The Hall–Kier alpha value is -1.00. The smallest absolute Gasteiger partial charge is 0.236 e. The van der Waals surface area contributed by atoms with Gasteiger partial charge in [0.2, 0.25) is 5.91 Å². The molecule has 1 aliphatic rings. The van der Waals surface area contributed by atoms with Crippen molar-refractivity contribution in [1.82, 2.24) is 4.90 Å². The number of carbonyl (C=O) groups excluding carboxylic acids is 1. The molecule has 1 saturated heterocycles. The number of rotatable bonds is 4. The van der Waals surface area contributed by atoms with Gasteiger partial charge in [0.25, 0.3) is 0 Å². The molecule has 1 aliphatic heterocycles. The van der Waals surface area contributed by atoms with Crippen LogP contribution in [0.25, 0.3) is 0 Å². The number of piperidine rings is 1. The predicted molar refractivity (Wildman–Crippen MR) is 89.5 cm³/mol. The van der Waals surface area contributed by atoms with E-state index in [-0.39, 0.29) is 17.2 Å². The van der Waals surface area contributed by atoms with E-state index in [1.807, 2.05) is 11.8 Å². The van der Waals surface area contributed by atoms with Gasteiger partial charge in [-0.15, -0.1) is 11.8 Å². The number of benzene rings is 1. The molecule has 3 atom stereocenters. The first kappa shape index (κ1) is 16.4. The maximum absolute atomic E-state index is 12.7. The monoisotopic (exact) mass is 306 g/mol. The third kappa shape index (κ3) is 4.24. The van der Waals surface area contributed by atoms with Crippen LogP contribution in [0, 0.1) is 12.8 Å². The summed E-state index contributed by atoms with van der Waals surface area (Å²) in [5.74, 6) is 0.894. The van der Waals surface area contributed by atoms with E-state index in [0.29, 0.717) is 12.5 Å². The summed E-state index contributed by atoms with van der Waals surface area (Å²) in [5.41, 5.74) is 7.10. The summed E-state index contributed by atoms with van der Waals surface area (Å²) in [6, 6.07) is 8.56. The first-order chi connectivity index (χ1) is 10.0. The Kier molecular flexibility index (Phi) is 5.71. The zero-order chi connectivity index (χ0) is 15.4. The molecule has 3 unspecified atom stereocenters. The first-order valence-electron chi connectivity index (χ1n) is 7.75. The van der Waals surface area contributed by atoms with E-state index in [1.165, 1.54) is 5.56 Å². The van der Waals surface area contributed by atoms with Crippen LogP contribution < -0.4 is 5.73 Å². The normalized spacial score (nSPS) is 23.9. The lowest BCUT2D eigenvalue weighted by atomic mass is 9.92. The van der Waals surface area contributed by atoms with E-state index < -0.39 is 0 Å². The summed E-state index contributed by atoms with van der Waals surface area (Å²) < 4.78 is 0. The Labute approximate surface area is 132 Å². The number of nitrogens with zero attached hydrogens (tertiary/aromatic N) is 1. The van der Waals surface area contributed by atoms with Crippen molar-refractivity contribution in [3.05, 3.63) is 29.8 Å². The SMILES string of the molecule is Cc1ccc(SC(C)C(=O)N2CCC(C)CC2CN)cc1.